The number of nitrogens with one attached hydrogen (secondary N) is 1. The molecule has 0 aromatic rings. The van der Waals surface area contributed by atoms with Crippen molar-refractivity contribution in [2.75, 3.05) is 19.0 Å². The Balaban J connectivity index is 1.99. The normalized spacial score (nSPS) is 31.7. The van der Waals surface area contributed by atoms with Gasteiger partial charge in [-0.05, 0) is 31.9 Å². The Hall–Kier alpha value is -2.99. The summed E-state index contributed by atoms with van der Waals surface area (Å²) >= 11 is 1.88. The van der Waals surface area contributed by atoms with Crippen LogP contribution in [0, 0.1) is 0 Å². The summed E-state index contributed by atoms with van der Waals surface area (Å²) in [7, 11) is 0. The summed E-state index contributed by atoms with van der Waals surface area (Å²) in [6.45, 7) is 8.39. The third-order valence-electron chi connectivity index (χ3n) is 7.92. The summed E-state index contributed by atoms with van der Waals surface area (Å²) in [5.74, 6) is -3.33. The van der Waals surface area contributed by atoms with E-state index in [1.807, 2.05) is 11.8 Å². The van der Waals surface area contributed by atoms with Gasteiger partial charge in [-0.3, -0.25) is 28.8 Å². The van der Waals surface area contributed by atoms with Gasteiger partial charge >= 0.3 is 29.8 Å². The highest BCUT2D eigenvalue weighted by atomic mass is 32.2. The van der Waals surface area contributed by atoms with E-state index in [2.05, 4.69) is 5.32 Å². The lowest BCUT2D eigenvalue weighted by molar-refractivity contribution is -0.343. The number of carbonyl (C=O) groups is 6. The van der Waals surface area contributed by atoms with Crippen LogP contribution in [0.15, 0.2) is 0 Å². The second kappa shape index (κ2) is 19.4. The van der Waals surface area contributed by atoms with Crippen LogP contribution in [0.3, 0.4) is 0 Å². The fraction of sp³-hybridized carbons (Fsp3) is 0.812. The first kappa shape index (κ1) is 40.4. The molecule has 0 radical (unpaired) electrons. The van der Waals surface area contributed by atoms with E-state index in [-0.39, 0.29) is 13.2 Å². The minimum absolute atomic E-state index is 0.233. The lowest BCUT2D eigenvalue weighted by Crippen LogP contribution is -2.69. The number of ether oxygens (including phenoxy) is 9. The van der Waals surface area contributed by atoms with Crippen LogP contribution in [-0.2, 0) is 71.4 Å². The molecule has 16 nitrogen and oxygen atoms in total. The van der Waals surface area contributed by atoms with Crippen LogP contribution in [0.2, 0.25) is 0 Å². The molecule has 17 heteroatoms. The van der Waals surface area contributed by atoms with Crippen molar-refractivity contribution in [1.29, 1.82) is 0 Å². The van der Waals surface area contributed by atoms with Crippen LogP contribution in [-0.4, -0.2) is 121 Å². The van der Waals surface area contributed by atoms with Crippen molar-refractivity contribution in [2.45, 2.75) is 147 Å². The predicted octanol–water partition coefficient (Wildman–Crippen LogP) is 1.72. The van der Waals surface area contributed by atoms with Crippen LogP contribution in [0.4, 0.5) is 0 Å². The van der Waals surface area contributed by atoms with E-state index in [9.17, 15) is 28.8 Å². The highest BCUT2D eigenvalue weighted by molar-refractivity contribution is 7.99. The molecule has 2 saturated heterocycles. The second-order valence-electron chi connectivity index (χ2n) is 12.2. The van der Waals surface area contributed by atoms with Gasteiger partial charge in [-0.1, -0.05) is 12.8 Å². The summed E-state index contributed by atoms with van der Waals surface area (Å²) in [5.41, 5.74) is 0. The fourth-order valence-corrected chi connectivity index (χ4v) is 7.35. The lowest BCUT2D eigenvalue weighted by atomic mass is 9.94. The van der Waals surface area contributed by atoms with Crippen LogP contribution >= 0.6 is 11.8 Å². The Morgan fingerprint density at radius 2 is 1.27 bits per heavy atom. The third kappa shape index (κ3) is 12.7. The van der Waals surface area contributed by atoms with Crippen molar-refractivity contribution in [1.82, 2.24) is 5.32 Å². The number of rotatable bonds is 15. The highest BCUT2D eigenvalue weighted by Gasteiger charge is 2.56. The van der Waals surface area contributed by atoms with Gasteiger partial charge in [-0.15, -0.1) is 0 Å². The van der Waals surface area contributed by atoms with Crippen LogP contribution < -0.4 is 5.32 Å². The van der Waals surface area contributed by atoms with Crippen LogP contribution in [0.5, 0.6) is 0 Å². The van der Waals surface area contributed by atoms with Gasteiger partial charge in [0.05, 0.1) is 12.7 Å². The number of thioether (sulfide) groups is 1. The van der Waals surface area contributed by atoms with Crippen molar-refractivity contribution >= 4 is 47.5 Å². The van der Waals surface area contributed by atoms with Gasteiger partial charge in [0.25, 0.3) is 0 Å². The molecule has 2 aliphatic heterocycles. The first-order valence-electron chi connectivity index (χ1n) is 16.4. The summed E-state index contributed by atoms with van der Waals surface area (Å²) in [6.07, 6.45) is -6.11. The number of esters is 5. The molecule has 0 spiro atoms. The molecule has 278 valence electrons. The average molecular weight is 720 g/mol. The largest absolute Gasteiger partial charge is 0.463 e. The van der Waals surface area contributed by atoms with E-state index in [1.165, 1.54) is 46.5 Å². The SMILES string of the molecule is CC(=O)N[C@H]1[C@@H](OCCCSC2CCCC2)O[C@H](COC(C)=O)[C@@H](OC(C)=O)[C@@H]1O[C@@H]1O[C@@H](C)[C@H](OC(C)=O)[C@@H](OC(C)=O)[C@H]1OC(C)=O. The van der Waals surface area contributed by atoms with Crippen LogP contribution in [0.1, 0.15) is 80.6 Å². The monoisotopic (exact) mass is 719 g/mol. The maximum atomic E-state index is 12.6. The molecule has 1 aliphatic carbocycles. The van der Waals surface area contributed by atoms with Gasteiger partial charge in [0, 0.05) is 46.8 Å². The summed E-state index contributed by atoms with van der Waals surface area (Å²) in [4.78, 5) is 73.3. The quantitative estimate of drug-likeness (QED) is 0.146. The average Bonchev–Trinajstić information content (AvgIpc) is 3.51. The Kier molecular flexibility index (Phi) is 16.0. The molecule has 3 fully saturated rings. The molecule has 1 N–H and O–H groups in total. The Bertz CT molecular complexity index is 1160. The summed E-state index contributed by atoms with van der Waals surface area (Å²) in [5, 5.41) is 3.37. The molecule has 2 heterocycles. The zero-order valence-corrected chi connectivity index (χ0v) is 29.9. The molecule has 0 bridgehead atoms. The first-order chi connectivity index (χ1) is 23.2. The highest BCUT2D eigenvalue weighted by Crippen LogP contribution is 2.35. The minimum Gasteiger partial charge on any atom is -0.463 e. The van der Waals surface area contributed by atoms with E-state index in [0.29, 0.717) is 11.7 Å². The standard InChI is InChI=1S/C32H49NO15S/c1-16-26(43-19(4)36)29(45-21(6)38)30(46-22(7)39)32(42-16)48-28-25(33-17(2)34)31(40-13-10-14-49-23-11-8-9-12-23)47-24(15-41-18(3)35)27(28)44-20(5)37/h16,23-32H,8-15H2,1-7H3,(H,33,34)/t16-,24+,25+,26-,27+,28+,29+,30+,31-,32-/m0/s1. The van der Waals surface area contributed by atoms with Crippen molar-refractivity contribution in [3.8, 4) is 0 Å². The maximum Gasteiger partial charge on any atom is 0.303 e. The lowest BCUT2D eigenvalue weighted by Gasteiger charge is -2.49. The van der Waals surface area contributed by atoms with E-state index in [4.69, 9.17) is 42.6 Å². The molecule has 0 unspecified atom stereocenters. The Morgan fingerprint density at radius 1 is 0.694 bits per heavy atom. The number of hydrogen-bond acceptors (Lipinski definition) is 16. The topological polar surface area (TPSA) is 198 Å². The van der Waals surface area contributed by atoms with Gasteiger partial charge in [0.1, 0.15) is 24.9 Å². The minimum atomic E-state index is -1.54. The summed E-state index contributed by atoms with van der Waals surface area (Å²) in [6, 6.07) is -1.15. The fourth-order valence-electron chi connectivity index (χ4n) is 6.06. The van der Waals surface area contributed by atoms with Crippen molar-refractivity contribution in [2.24, 2.45) is 0 Å². The number of carbonyl (C=O) groups excluding carboxylic acids is 6. The molecular formula is C32H49NO15S. The summed E-state index contributed by atoms with van der Waals surface area (Å²) < 4.78 is 52.2. The zero-order chi connectivity index (χ0) is 36.2. The molecule has 0 aromatic carbocycles. The van der Waals surface area contributed by atoms with Crippen molar-refractivity contribution < 1.29 is 71.4 Å². The Morgan fingerprint density at radius 3 is 1.84 bits per heavy atom. The second-order valence-corrected chi connectivity index (χ2v) is 13.6. The van der Waals surface area contributed by atoms with Gasteiger partial charge in [0.2, 0.25) is 5.91 Å². The smallest absolute Gasteiger partial charge is 0.303 e. The first-order valence-corrected chi connectivity index (χ1v) is 17.5. The van der Waals surface area contributed by atoms with E-state index in [1.54, 1.807) is 0 Å². The van der Waals surface area contributed by atoms with E-state index >= 15 is 0 Å². The molecule has 49 heavy (non-hydrogen) atoms. The van der Waals surface area contributed by atoms with Gasteiger partial charge in [-0.25, -0.2) is 0 Å². The molecule has 3 rings (SSSR count). The third-order valence-corrected chi connectivity index (χ3v) is 9.39. The molecule has 1 amide bonds. The number of hydrogen-bond donors (Lipinski definition) is 1. The molecular weight excluding hydrogens is 670 g/mol. The molecule has 3 aliphatic rings. The molecule has 0 aromatic heterocycles. The van der Waals surface area contributed by atoms with E-state index < -0.39 is 97.1 Å². The van der Waals surface area contributed by atoms with Gasteiger partial charge < -0.3 is 47.9 Å². The molecule has 10 atom stereocenters. The number of amides is 1. The van der Waals surface area contributed by atoms with Crippen molar-refractivity contribution in [3.05, 3.63) is 0 Å². The Labute approximate surface area is 290 Å². The van der Waals surface area contributed by atoms with Gasteiger partial charge in [-0.2, -0.15) is 11.8 Å². The molecule has 1 saturated carbocycles. The van der Waals surface area contributed by atoms with Crippen LogP contribution in [0.25, 0.3) is 0 Å². The predicted molar refractivity (Wildman–Crippen MR) is 170 cm³/mol. The van der Waals surface area contributed by atoms with Crippen molar-refractivity contribution in [3.63, 3.8) is 0 Å². The maximum absolute atomic E-state index is 12.6. The zero-order valence-electron chi connectivity index (χ0n) is 29.0. The van der Waals surface area contributed by atoms with E-state index in [0.717, 1.165) is 33.4 Å². The van der Waals surface area contributed by atoms with Gasteiger partial charge in [0.15, 0.2) is 37.0 Å².